The maximum absolute atomic E-state index is 10.6. The van der Waals surface area contributed by atoms with Crippen LogP contribution in [-0.4, -0.2) is 4.92 Å². The Kier molecular flexibility index (Phi) is 4.86. The third-order valence-electron chi connectivity index (χ3n) is 2.65. The van der Waals surface area contributed by atoms with Crippen molar-refractivity contribution in [2.45, 2.75) is 6.54 Å². The average Bonchev–Trinajstić information content (AvgIpc) is 2.41. The third-order valence-corrected chi connectivity index (χ3v) is 4.22. The Balaban J connectivity index is 2.10. The van der Waals surface area contributed by atoms with Crippen molar-refractivity contribution in [3.8, 4) is 0 Å². The van der Waals surface area contributed by atoms with Crippen molar-refractivity contribution in [1.82, 2.24) is 0 Å². The van der Waals surface area contributed by atoms with Crippen molar-refractivity contribution in [1.29, 1.82) is 0 Å². The van der Waals surface area contributed by atoms with Crippen LogP contribution in [0.4, 0.5) is 11.4 Å². The third kappa shape index (κ3) is 3.62. The highest BCUT2D eigenvalue weighted by Gasteiger charge is 2.09. The second-order valence-corrected chi connectivity index (χ2v) is 5.68. The molecule has 0 atom stereocenters. The summed E-state index contributed by atoms with van der Waals surface area (Å²) >= 11 is 15.3. The molecule has 0 spiro atoms. The number of hydrogen-bond acceptors (Lipinski definition) is 3. The van der Waals surface area contributed by atoms with Gasteiger partial charge < -0.3 is 5.32 Å². The fourth-order valence-electron chi connectivity index (χ4n) is 1.60. The zero-order chi connectivity index (χ0) is 14.7. The molecular formula is C13H9BrCl2N2O2. The topological polar surface area (TPSA) is 55.2 Å². The summed E-state index contributed by atoms with van der Waals surface area (Å²) in [4.78, 5) is 10.2. The van der Waals surface area contributed by atoms with E-state index in [0.717, 1.165) is 15.7 Å². The molecule has 104 valence electrons. The Labute approximate surface area is 134 Å². The van der Waals surface area contributed by atoms with Crippen LogP contribution >= 0.6 is 39.1 Å². The van der Waals surface area contributed by atoms with Gasteiger partial charge in [-0.05, 0) is 45.8 Å². The number of hydrogen-bond donors (Lipinski definition) is 1. The first-order chi connectivity index (χ1) is 9.47. The summed E-state index contributed by atoms with van der Waals surface area (Å²) in [7, 11) is 0. The van der Waals surface area contributed by atoms with Crippen LogP contribution in [0.1, 0.15) is 5.56 Å². The fraction of sp³-hybridized carbons (Fsp3) is 0.0769. The lowest BCUT2D eigenvalue weighted by Crippen LogP contribution is -2.00. The molecule has 20 heavy (non-hydrogen) atoms. The fourth-order valence-corrected chi connectivity index (χ4v) is 2.33. The predicted molar refractivity (Wildman–Crippen MR) is 84.6 cm³/mol. The summed E-state index contributed by atoms with van der Waals surface area (Å²) < 4.78 is 0.791. The lowest BCUT2D eigenvalue weighted by Gasteiger charge is -2.09. The van der Waals surface area contributed by atoms with E-state index in [9.17, 15) is 10.1 Å². The molecular weight excluding hydrogens is 367 g/mol. The number of anilines is 1. The van der Waals surface area contributed by atoms with E-state index in [1.165, 1.54) is 12.1 Å². The number of halogens is 3. The van der Waals surface area contributed by atoms with Crippen LogP contribution in [-0.2, 0) is 6.54 Å². The van der Waals surface area contributed by atoms with Crippen molar-refractivity contribution in [3.63, 3.8) is 0 Å². The summed E-state index contributed by atoms with van der Waals surface area (Å²) in [5, 5.41) is 14.8. The van der Waals surface area contributed by atoms with E-state index in [2.05, 4.69) is 21.2 Å². The Morgan fingerprint density at radius 3 is 2.50 bits per heavy atom. The van der Waals surface area contributed by atoms with Gasteiger partial charge in [0, 0.05) is 28.8 Å². The minimum absolute atomic E-state index is 0.0204. The molecule has 0 amide bonds. The van der Waals surface area contributed by atoms with Crippen LogP contribution < -0.4 is 5.32 Å². The van der Waals surface area contributed by atoms with Crippen LogP contribution in [0.15, 0.2) is 40.9 Å². The molecule has 0 saturated heterocycles. The van der Waals surface area contributed by atoms with Gasteiger partial charge in [-0.1, -0.05) is 23.2 Å². The molecule has 0 radical (unpaired) electrons. The van der Waals surface area contributed by atoms with Crippen LogP contribution in [0.5, 0.6) is 0 Å². The van der Waals surface area contributed by atoms with Gasteiger partial charge in [0.25, 0.3) is 5.69 Å². The van der Waals surface area contributed by atoms with Gasteiger partial charge in [0.2, 0.25) is 0 Å². The molecule has 0 fully saturated rings. The molecule has 1 N–H and O–H groups in total. The number of nitrogens with one attached hydrogen (secondary N) is 1. The van der Waals surface area contributed by atoms with Gasteiger partial charge in [0.05, 0.1) is 15.0 Å². The number of benzene rings is 2. The Bertz CT molecular complexity index is 665. The first-order valence-corrected chi connectivity index (χ1v) is 7.14. The number of nitrogens with zero attached hydrogens (tertiary/aromatic N) is 1. The van der Waals surface area contributed by atoms with Crippen molar-refractivity contribution in [3.05, 3.63) is 66.6 Å². The van der Waals surface area contributed by atoms with Crippen molar-refractivity contribution in [2.24, 2.45) is 0 Å². The van der Waals surface area contributed by atoms with E-state index in [0.29, 0.717) is 16.6 Å². The quantitative estimate of drug-likeness (QED) is 0.584. The highest BCUT2D eigenvalue weighted by atomic mass is 79.9. The molecule has 2 aromatic rings. The largest absolute Gasteiger partial charge is 0.381 e. The first kappa shape index (κ1) is 15.1. The Morgan fingerprint density at radius 1 is 1.15 bits per heavy atom. The lowest BCUT2D eigenvalue weighted by atomic mass is 10.2. The molecule has 2 rings (SSSR count). The minimum Gasteiger partial charge on any atom is -0.381 e. The standard InChI is InChI=1S/C13H9BrCl2N2O2/c14-11-5-9(2-4-12(11)15)17-7-8-1-3-10(18(19)20)6-13(8)16/h1-6,17H,7H2. The molecule has 0 aliphatic heterocycles. The molecule has 0 bridgehead atoms. The second kappa shape index (κ2) is 6.43. The summed E-state index contributed by atoms with van der Waals surface area (Å²) in [6, 6.07) is 9.87. The molecule has 0 saturated carbocycles. The van der Waals surface area contributed by atoms with E-state index >= 15 is 0 Å². The molecule has 0 unspecified atom stereocenters. The monoisotopic (exact) mass is 374 g/mol. The highest BCUT2D eigenvalue weighted by molar-refractivity contribution is 9.10. The minimum atomic E-state index is -0.473. The van der Waals surface area contributed by atoms with E-state index < -0.39 is 4.92 Å². The van der Waals surface area contributed by atoms with Gasteiger partial charge in [-0.15, -0.1) is 0 Å². The molecule has 0 aliphatic rings. The number of non-ortho nitro benzene ring substituents is 1. The number of nitro groups is 1. The number of nitro benzene ring substituents is 1. The van der Waals surface area contributed by atoms with E-state index in [1.807, 2.05) is 12.1 Å². The smallest absolute Gasteiger partial charge is 0.270 e. The van der Waals surface area contributed by atoms with Gasteiger partial charge in [0.15, 0.2) is 0 Å². The van der Waals surface area contributed by atoms with Crippen molar-refractivity contribution in [2.75, 3.05) is 5.32 Å². The summed E-state index contributed by atoms with van der Waals surface area (Å²) in [6.45, 7) is 0.463. The Hall–Kier alpha value is -1.30. The zero-order valence-electron chi connectivity index (χ0n) is 10.1. The summed E-state index contributed by atoms with van der Waals surface area (Å²) in [6.07, 6.45) is 0. The summed E-state index contributed by atoms with van der Waals surface area (Å²) in [5.41, 5.74) is 1.63. The Morgan fingerprint density at radius 2 is 1.90 bits per heavy atom. The SMILES string of the molecule is O=[N+]([O-])c1ccc(CNc2ccc(Cl)c(Br)c2)c(Cl)c1. The van der Waals surface area contributed by atoms with Crippen LogP contribution in [0, 0.1) is 10.1 Å². The van der Waals surface area contributed by atoms with E-state index in [1.54, 1.807) is 12.1 Å². The molecule has 0 heterocycles. The highest BCUT2D eigenvalue weighted by Crippen LogP contribution is 2.27. The normalized spacial score (nSPS) is 10.3. The van der Waals surface area contributed by atoms with Gasteiger partial charge in [0.1, 0.15) is 0 Å². The lowest BCUT2D eigenvalue weighted by molar-refractivity contribution is -0.384. The maximum atomic E-state index is 10.6. The average molecular weight is 376 g/mol. The maximum Gasteiger partial charge on any atom is 0.270 e. The van der Waals surface area contributed by atoms with Crippen LogP contribution in [0.25, 0.3) is 0 Å². The van der Waals surface area contributed by atoms with Gasteiger partial charge in [-0.2, -0.15) is 0 Å². The van der Waals surface area contributed by atoms with Gasteiger partial charge in [-0.25, -0.2) is 0 Å². The van der Waals surface area contributed by atoms with Crippen molar-refractivity contribution < 1.29 is 4.92 Å². The molecule has 2 aromatic carbocycles. The van der Waals surface area contributed by atoms with Gasteiger partial charge in [-0.3, -0.25) is 10.1 Å². The van der Waals surface area contributed by atoms with E-state index in [4.69, 9.17) is 23.2 Å². The predicted octanol–water partition coefficient (Wildman–Crippen LogP) is 5.28. The molecule has 4 nitrogen and oxygen atoms in total. The number of rotatable bonds is 4. The zero-order valence-corrected chi connectivity index (χ0v) is 13.2. The molecule has 0 aliphatic carbocycles. The molecule has 0 aromatic heterocycles. The molecule has 7 heteroatoms. The van der Waals surface area contributed by atoms with Crippen molar-refractivity contribution >= 4 is 50.5 Å². The van der Waals surface area contributed by atoms with Crippen LogP contribution in [0.2, 0.25) is 10.0 Å². The van der Waals surface area contributed by atoms with Crippen LogP contribution in [0.3, 0.4) is 0 Å². The summed E-state index contributed by atoms with van der Waals surface area (Å²) in [5.74, 6) is 0. The first-order valence-electron chi connectivity index (χ1n) is 5.59. The second-order valence-electron chi connectivity index (χ2n) is 4.02. The van der Waals surface area contributed by atoms with Gasteiger partial charge >= 0.3 is 0 Å². The van der Waals surface area contributed by atoms with E-state index in [-0.39, 0.29) is 5.69 Å².